The number of fused-ring (bicyclic) bond motifs is 1. The monoisotopic (exact) mass is 537 g/mol. The van der Waals surface area contributed by atoms with E-state index in [1.54, 1.807) is 6.92 Å². The lowest BCUT2D eigenvalue weighted by Crippen LogP contribution is -2.80. The molecule has 2 saturated heterocycles. The van der Waals surface area contributed by atoms with E-state index in [-0.39, 0.29) is 70.4 Å². The lowest BCUT2D eigenvalue weighted by atomic mass is 9.43. The van der Waals surface area contributed by atoms with Crippen molar-refractivity contribution in [2.24, 2.45) is 34.5 Å². The van der Waals surface area contributed by atoms with Gasteiger partial charge in [-0.1, -0.05) is 29.8 Å². The molecule has 12 atom stereocenters. The van der Waals surface area contributed by atoms with E-state index >= 15 is 0 Å². The number of hydrogen-bond acceptors (Lipinski definition) is 7. The van der Waals surface area contributed by atoms with Crippen LogP contribution in [-0.4, -0.2) is 71.0 Å². The molecule has 7 rings (SSSR count). The van der Waals surface area contributed by atoms with Gasteiger partial charge in [0.05, 0.1) is 6.04 Å². The summed E-state index contributed by atoms with van der Waals surface area (Å²) >= 11 is 4.02. The van der Waals surface area contributed by atoms with Crippen LogP contribution in [0, 0.1) is 34.5 Å². The Hall–Kier alpha value is -0.700. The van der Waals surface area contributed by atoms with Gasteiger partial charge in [0.25, 0.3) is 0 Å². The fraction of sp³-hybridized carbons (Fsp3) is 0.923. The fourth-order valence-corrected chi connectivity index (χ4v) is 12.1. The number of piperidine rings is 1. The quantitative estimate of drug-likeness (QED) is 0.404. The summed E-state index contributed by atoms with van der Waals surface area (Å²) in [6.07, 6.45) is 4.40. The number of ether oxygens (including phenoxy) is 4. The van der Waals surface area contributed by atoms with Crippen molar-refractivity contribution in [3.05, 3.63) is 0 Å². The van der Waals surface area contributed by atoms with Crippen LogP contribution in [-0.2, 0) is 28.5 Å². The predicted octanol–water partition coefficient (Wildman–Crippen LogP) is 3.28. The highest BCUT2D eigenvalue weighted by atomic mass is 79.9. The zero-order valence-electron chi connectivity index (χ0n) is 20.6. The van der Waals surface area contributed by atoms with Crippen molar-refractivity contribution in [2.75, 3.05) is 19.9 Å². The first-order chi connectivity index (χ1) is 16.1. The van der Waals surface area contributed by atoms with E-state index in [0.29, 0.717) is 5.92 Å². The van der Waals surface area contributed by atoms with Gasteiger partial charge in [0.1, 0.15) is 30.2 Å². The number of hydrogen-bond donors (Lipinski definition) is 0. The minimum atomic E-state index is -0.494. The highest BCUT2D eigenvalue weighted by molar-refractivity contribution is 9.09. The molecule has 2 aliphatic heterocycles. The SMILES string of the molecule is CCN1C[C@]2(C)CC[C@H](OC(C)=O)[C@@]34[C@@H]5C[C@H]6[C@H](OC(C)=O)[C@@H]5[C@@]5(C[C@H]6Br)OCO[C@]5(C[C@H]23)[C@@H]14. The molecular weight excluding hydrogens is 502 g/mol. The maximum Gasteiger partial charge on any atom is 0.302 e. The normalized spacial score (nSPS) is 58.4. The standard InChI is InChI=1S/C26H36BrNO6/c1-5-28-11-23(4)7-6-19(33-13(2)29)26-16-8-15-17(27)9-24(20(16)21(15)34-14(3)30)25(22(26)28,10-18(23)26)32-12-31-24/h15-22H,5-12H2,1-4H3/t15-,16-,17-,18-,19+,20-,21+,22-,23+,24-,25-,26-/m1/s1. The van der Waals surface area contributed by atoms with Crippen LogP contribution in [0.1, 0.15) is 59.8 Å². The van der Waals surface area contributed by atoms with Crippen LogP contribution in [0.3, 0.4) is 0 Å². The maximum atomic E-state index is 12.4. The Morgan fingerprint density at radius 2 is 1.85 bits per heavy atom. The molecule has 7 aliphatic rings. The van der Waals surface area contributed by atoms with Gasteiger partial charge in [-0.15, -0.1) is 0 Å². The van der Waals surface area contributed by atoms with Crippen molar-refractivity contribution >= 4 is 27.9 Å². The molecule has 34 heavy (non-hydrogen) atoms. The van der Waals surface area contributed by atoms with Crippen LogP contribution in [0.2, 0.25) is 0 Å². The summed E-state index contributed by atoms with van der Waals surface area (Å²) in [6, 6.07) is 0.144. The predicted molar refractivity (Wildman–Crippen MR) is 125 cm³/mol. The number of halogens is 1. The first-order valence-corrected chi connectivity index (χ1v) is 14.1. The summed E-state index contributed by atoms with van der Waals surface area (Å²) in [6.45, 7) is 10.1. The number of likely N-dealkylation sites (tertiary alicyclic amines) is 1. The second kappa shape index (κ2) is 6.78. The Balaban J connectivity index is 1.51. The van der Waals surface area contributed by atoms with E-state index in [0.717, 1.165) is 45.2 Å². The highest BCUT2D eigenvalue weighted by Crippen LogP contribution is 2.82. The summed E-state index contributed by atoms with van der Waals surface area (Å²) in [5.41, 5.74) is -1.04. The Bertz CT molecular complexity index is 962. The highest BCUT2D eigenvalue weighted by Gasteiger charge is 2.90. The number of carbonyl (C=O) groups is 2. The molecule has 7 nitrogen and oxygen atoms in total. The Morgan fingerprint density at radius 1 is 1.12 bits per heavy atom. The van der Waals surface area contributed by atoms with Crippen LogP contribution in [0.25, 0.3) is 0 Å². The van der Waals surface area contributed by atoms with Crippen molar-refractivity contribution < 1.29 is 28.5 Å². The molecule has 5 aliphatic carbocycles. The first kappa shape index (κ1) is 22.5. The molecule has 0 N–H and O–H groups in total. The Kier molecular flexibility index (Phi) is 4.49. The number of likely N-dealkylation sites (N-methyl/N-ethyl adjacent to an activating group) is 1. The van der Waals surface area contributed by atoms with Crippen LogP contribution in [0.5, 0.6) is 0 Å². The van der Waals surface area contributed by atoms with Crippen LogP contribution in [0.15, 0.2) is 0 Å². The van der Waals surface area contributed by atoms with E-state index in [4.69, 9.17) is 18.9 Å². The van der Waals surface area contributed by atoms with Crippen LogP contribution < -0.4 is 0 Å². The topological polar surface area (TPSA) is 74.3 Å². The summed E-state index contributed by atoms with van der Waals surface area (Å²) in [5.74, 6) is 0.538. The van der Waals surface area contributed by atoms with Crippen LogP contribution >= 0.6 is 15.9 Å². The van der Waals surface area contributed by atoms with Gasteiger partial charge in [-0.25, -0.2) is 0 Å². The van der Waals surface area contributed by atoms with Gasteiger partial charge >= 0.3 is 11.9 Å². The van der Waals surface area contributed by atoms with Gasteiger partial charge in [0.15, 0.2) is 0 Å². The van der Waals surface area contributed by atoms with Gasteiger partial charge in [-0.05, 0) is 55.9 Å². The Labute approximate surface area is 209 Å². The minimum Gasteiger partial charge on any atom is -0.462 e. The number of alkyl halides is 1. The molecule has 7 bridgehead atoms. The van der Waals surface area contributed by atoms with E-state index in [9.17, 15) is 9.59 Å². The first-order valence-electron chi connectivity index (χ1n) is 13.1. The molecule has 8 heteroatoms. The average molecular weight is 538 g/mol. The molecule has 0 radical (unpaired) electrons. The molecule has 7 fully saturated rings. The van der Waals surface area contributed by atoms with Crippen molar-refractivity contribution in [3.63, 3.8) is 0 Å². The summed E-state index contributed by atoms with van der Waals surface area (Å²) < 4.78 is 26.0. The lowest BCUT2D eigenvalue weighted by molar-refractivity contribution is -0.275. The van der Waals surface area contributed by atoms with Crippen molar-refractivity contribution in [3.8, 4) is 0 Å². The van der Waals surface area contributed by atoms with Crippen molar-refractivity contribution in [1.82, 2.24) is 4.90 Å². The maximum absolute atomic E-state index is 12.4. The minimum absolute atomic E-state index is 0.0659. The third-order valence-electron chi connectivity index (χ3n) is 11.6. The fourth-order valence-electron chi connectivity index (χ4n) is 11.1. The zero-order chi connectivity index (χ0) is 23.8. The molecule has 0 aromatic carbocycles. The van der Waals surface area contributed by atoms with Crippen molar-refractivity contribution in [1.29, 1.82) is 0 Å². The van der Waals surface area contributed by atoms with Crippen LogP contribution in [0.4, 0.5) is 0 Å². The number of rotatable bonds is 3. The molecular formula is C26H36BrNO6. The van der Waals surface area contributed by atoms with Crippen molar-refractivity contribution in [2.45, 2.75) is 94.1 Å². The number of nitrogens with zero attached hydrogens (tertiary/aromatic N) is 1. The third-order valence-corrected chi connectivity index (χ3v) is 12.6. The molecule has 5 saturated carbocycles. The zero-order valence-corrected chi connectivity index (χ0v) is 22.1. The molecule has 188 valence electrons. The van der Waals surface area contributed by atoms with Gasteiger partial charge in [0, 0.05) is 42.5 Å². The molecule has 3 spiro atoms. The van der Waals surface area contributed by atoms with E-state index in [1.807, 2.05) is 0 Å². The molecule has 0 aromatic rings. The van der Waals surface area contributed by atoms with E-state index in [2.05, 4.69) is 34.7 Å². The van der Waals surface area contributed by atoms with E-state index in [1.165, 1.54) is 6.92 Å². The Morgan fingerprint density at radius 3 is 2.56 bits per heavy atom. The van der Waals surface area contributed by atoms with E-state index < -0.39 is 11.2 Å². The van der Waals surface area contributed by atoms with Gasteiger partial charge in [0.2, 0.25) is 0 Å². The number of esters is 2. The second-order valence-corrected chi connectivity index (χ2v) is 13.7. The lowest BCUT2D eigenvalue weighted by Gasteiger charge is -2.69. The largest absolute Gasteiger partial charge is 0.462 e. The summed E-state index contributed by atoms with van der Waals surface area (Å²) in [7, 11) is 0. The smallest absolute Gasteiger partial charge is 0.302 e. The van der Waals surface area contributed by atoms with Gasteiger partial charge < -0.3 is 18.9 Å². The second-order valence-electron chi connectivity index (χ2n) is 12.5. The van der Waals surface area contributed by atoms with Gasteiger partial charge in [-0.2, -0.15) is 0 Å². The molecule has 0 aromatic heterocycles. The molecule has 0 unspecified atom stereocenters. The molecule has 0 amide bonds. The molecule has 2 heterocycles. The third kappa shape index (κ3) is 2.24. The average Bonchev–Trinajstić information content (AvgIpc) is 3.34. The summed E-state index contributed by atoms with van der Waals surface area (Å²) in [4.78, 5) is 27.6. The summed E-state index contributed by atoms with van der Waals surface area (Å²) in [5, 5.41) is 0. The van der Waals surface area contributed by atoms with Gasteiger partial charge in [-0.3, -0.25) is 14.5 Å². The number of carbonyl (C=O) groups excluding carboxylic acids is 2.